The van der Waals surface area contributed by atoms with Crippen molar-refractivity contribution in [2.45, 2.75) is 24.8 Å². The topological polar surface area (TPSA) is 63.7 Å². The molecule has 0 spiro atoms. The fourth-order valence-electron chi connectivity index (χ4n) is 2.55. The van der Waals surface area contributed by atoms with E-state index >= 15 is 0 Å². The van der Waals surface area contributed by atoms with E-state index in [1.54, 1.807) is 18.3 Å². The van der Waals surface area contributed by atoms with Crippen molar-refractivity contribution in [1.29, 1.82) is 0 Å². The van der Waals surface area contributed by atoms with Crippen LogP contribution in [-0.4, -0.2) is 31.8 Å². The molecule has 23 heavy (non-hydrogen) atoms. The van der Waals surface area contributed by atoms with Gasteiger partial charge in [-0.05, 0) is 54.6 Å². The summed E-state index contributed by atoms with van der Waals surface area (Å²) >= 11 is 1.67. The van der Waals surface area contributed by atoms with E-state index in [1.807, 2.05) is 11.4 Å². The van der Waals surface area contributed by atoms with Gasteiger partial charge in [-0.3, -0.25) is 0 Å². The summed E-state index contributed by atoms with van der Waals surface area (Å²) in [5.74, 6) is -0.447. The first kappa shape index (κ1) is 16.2. The zero-order valence-corrected chi connectivity index (χ0v) is 14.3. The molecule has 2 aromatic rings. The lowest BCUT2D eigenvalue weighted by atomic mass is 10.1. The van der Waals surface area contributed by atoms with Crippen molar-refractivity contribution < 1.29 is 17.9 Å². The van der Waals surface area contributed by atoms with E-state index in [0.717, 1.165) is 12.0 Å². The molecule has 0 N–H and O–H groups in total. The minimum absolute atomic E-state index is 0.198. The minimum atomic E-state index is -3.55. The van der Waals surface area contributed by atoms with E-state index in [1.165, 1.54) is 33.4 Å². The van der Waals surface area contributed by atoms with Crippen molar-refractivity contribution in [3.8, 4) is 0 Å². The highest BCUT2D eigenvalue weighted by atomic mass is 32.2. The van der Waals surface area contributed by atoms with E-state index in [9.17, 15) is 13.2 Å². The third-order valence-corrected chi connectivity index (χ3v) is 6.66. The van der Waals surface area contributed by atoms with E-state index in [4.69, 9.17) is 4.74 Å². The summed E-state index contributed by atoms with van der Waals surface area (Å²) in [6.07, 6.45) is 0.743. The molecule has 1 aliphatic heterocycles. The van der Waals surface area contributed by atoms with E-state index in [2.05, 4.69) is 0 Å². The van der Waals surface area contributed by atoms with Crippen LogP contribution in [0.15, 0.2) is 40.6 Å². The quantitative estimate of drug-likeness (QED) is 0.795. The molecule has 0 radical (unpaired) electrons. The van der Waals surface area contributed by atoms with Crippen molar-refractivity contribution in [2.24, 2.45) is 0 Å². The maximum Gasteiger partial charge on any atom is 0.338 e. The molecule has 1 aromatic carbocycles. The van der Waals surface area contributed by atoms with Gasteiger partial charge in [0, 0.05) is 18.0 Å². The molecule has 0 saturated carbocycles. The highest BCUT2D eigenvalue weighted by Gasteiger charge is 2.28. The highest BCUT2D eigenvalue weighted by Crippen LogP contribution is 2.28. The Labute approximate surface area is 139 Å². The molecular weight excluding hydrogens is 334 g/mol. The van der Waals surface area contributed by atoms with Gasteiger partial charge >= 0.3 is 5.97 Å². The number of esters is 1. The number of nitrogens with zero attached hydrogens (tertiary/aromatic N) is 1. The van der Waals surface area contributed by atoms with Gasteiger partial charge in [-0.15, -0.1) is 11.3 Å². The lowest BCUT2D eigenvalue weighted by molar-refractivity contribution is 0.0526. The van der Waals surface area contributed by atoms with Crippen LogP contribution in [0.2, 0.25) is 0 Å². The van der Waals surface area contributed by atoms with Crippen molar-refractivity contribution in [1.82, 2.24) is 4.31 Å². The Morgan fingerprint density at radius 3 is 2.70 bits per heavy atom. The van der Waals surface area contributed by atoms with Crippen LogP contribution in [0.25, 0.3) is 0 Å². The molecule has 0 aliphatic carbocycles. The van der Waals surface area contributed by atoms with Crippen LogP contribution < -0.4 is 0 Å². The van der Waals surface area contributed by atoms with E-state index in [0.29, 0.717) is 18.7 Å². The molecule has 1 aliphatic rings. The second-order valence-electron chi connectivity index (χ2n) is 5.20. The smallest absolute Gasteiger partial charge is 0.338 e. The molecule has 1 aromatic heterocycles. The maximum atomic E-state index is 12.7. The normalized spacial score (nSPS) is 15.2. The molecular formula is C16H17NO4S2. The van der Waals surface area contributed by atoms with Crippen molar-refractivity contribution >= 4 is 27.3 Å². The molecule has 0 atom stereocenters. The Kier molecular flexibility index (Phi) is 4.52. The summed E-state index contributed by atoms with van der Waals surface area (Å²) in [5.41, 5.74) is 1.43. The number of thiophene rings is 1. The SMILES string of the molecule is CCOC(=O)c1ccc(S(=O)(=O)N2CCc3sccc3C2)cc1. The first-order chi connectivity index (χ1) is 11.0. The zero-order valence-electron chi connectivity index (χ0n) is 12.7. The second-order valence-corrected chi connectivity index (χ2v) is 8.14. The van der Waals surface area contributed by atoms with Crippen molar-refractivity contribution in [3.63, 3.8) is 0 Å². The Morgan fingerprint density at radius 2 is 2.00 bits per heavy atom. The molecule has 0 unspecified atom stereocenters. The number of sulfonamides is 1. The number of hydrogen-bond acceptors (Lipinski definition) is 5. The fraction of sp³-hybridized carbons (Fsp3) is 0.312. The van der Waals surface area contributed by atoms with Crippen LogP contribution in [0.1, 0.15) is 27.7 Å². The Hall–Kier alpha value is -1.70. The average molecular weight is 351 g/mol. The van der Waals surface area contributed by atoms with E-state index < -0.39 is 16.0 Å². The van der Waals surface area contributed by atoms with Crippen LogP contribution in [0, 0.1) is 0 Å². The zero-order chi connectivity index (χ0) is 16.4. The summed E-state index contributed by atoms with van der Waals surface area (Å²) < 4.78 is 31.9. The number of fused-ring (bicyclic) bond motifs is 1. The van der Waals surface area contributed by atoms with Crippen molar-refractivity contribution in [2.75, 3.05) is 13.2 Å². The molecule has 0 saturated heterocycles. The van der Waals surface area contributed by atoms with E-state index in [-0.39, 0.29) is 11.5 Å². The summed E-state index contributed by atoms with van der Waals surface area (Å²) in [6, 6.07) is 7.89. The Morgan fingerprint density at radius 1 is 1.26 bits per heavy atom. The van der Waals surface area contributed by atoms with Gasteiger partial charge in [0.15, 0.2) is 0 Å². The van der Waals surface area contributed by atoms with Crippen molar-refractivity contribution in [3.05, 3.63) is 51.7 Å². The predicted molar refractivity (Wildman–Crippen MR) is 88.0 cm³/mol. The van der Waals surface area contributed by atoms with Gasteiger partial charge in [-0.2, -0.15) is 4.31 Å². The first-order valence-electron chi connectivity index (χ1n) is 7.35. The van der Waals surface area contributed by atoms with Crippen LogP contribution in [0.5, 0.6) is 0 Å². The monoisotopic (exact) mass is 351 g/mol. The van der Waals surface area contributed by atoms with Gasteiger partial charge < -0.3 is 4.74 Å². The van der Waals surface area contributed by atoms with Crippen LogP contribution in [0.4, 0.5) is 0 Å². The lowest BCUT2D eigenvalue weighted by Crippen LogP contribution is -2.35. The van der Waals surface area contributed by atoms with Gasteiger partial charge in [-0.1, -0.05) is 0 Å². The van der Waals surface area contributed by atoms with Gasteiger partial charge in [0.2, 0.25) is 10.0 Å². The van der Waals surface area contributed by atoms with Gasteiger partial charge in [-0.25, -0.2) is 13.2 Å². The Bertz CT molecular complexity index is 809. The number of ether oxygens (including phenoxy) is 1. The highest BCUT2D eigenvalue weighted by molar-refractivity contribution is 7.89. The van der Waals surface area contributed by atoms with Crippen LogP contribution >= 0.6 is 11.3 Å². The number of benzene rings is 1. The molecule has 7 heteroatoms. The minimum Gasteiger partial charge on any atom is -0.462 e. The molecule has 3 rings (SSSR count). The number of rotatable bonds is 4. The molecule has 0 amide bonds. The number of hydrogen-bond donors (Lipinski definition) is 0. The van der Waals surface area contributed by atoms with Gasteiger partial charge in [0.25, 0.3) is 0 Å². The van der Waals surface area contributed by atoms with Crippen LogP contribution in [0.3, 0.4) is 0 Å². The number of carbonyl (C=O) groups excluding carboxylic acids is 1. The largest absolute Gasteiger partial charge is 0.462 e. The second kappa shape index (κ2) is 6.43. The summed E-state index contributed by atoms with van der Waals surface area (Å²) in [4.78, 5) is 13.1. The maximum absolute atomic E-state index is 12.7. The summed E-state index contributed by atoms with van der Waals surface area (Å²) in [5, 5.41) is 1.99. The number of carbonyl (C=O) groups is 1. The Balaban J connectivity index is 1.82. The molecule has 0 bridgehead atoms. The van der Waals surface area contributed by atoms with Gasteiger partial charge in [0.1, 0.15) is 0 Å². The molecule has 0 fully saturated rings. The third kappa shape index (κ3) is 3.17. The average Bonchev–Trinajstić information content (AvgIpc) is 3.03. The fourth-order valence-corrected chi connectivity index (χ4v) is 4.86. The molecule has 2 heterocycles. The predicted octanol–water partition coefficient (Wildman–Crippen LogP) is 2.67. The first-order valence-corrected chi connectivity index (χ1v) is 9.67. The summed E-state index contributed by atoms with van der Waals surface area (Å²) in [6.45, 7) is 2.90. The molecule has 122 valence electrons. The van der Waals surface area contributed by atoms with Crippen LogP contribution in [-0.2, 0) is 27.7 Å². The standard InChI is InChI=1S/C16H17NO4S2/c1-2-21-16(18)12-3-5-14(6-4-12)23(19,20)17-9-7-15-13(11-17)8-10-22-15/h3-6,8,10H,2,7,9,11H2,1H3. The molecule has 5 nitrogen and oxygen atoms in total. The van der Waals surface area contributed by atoms with Gasteiger partial charge in [0.05, 0.1) is 17.1 Å². The third-order valence-electron chi connectivity index (χ3n) is 3.78. The summed E-state index contributed by atoms with van der Waals surface area (Å²) in [7, 11) is -3.55. The lowest BCUT2D eigenvalue weighted by Gasteiger charge is -2.26.